The summed E-state index contributed by atoms with van der Waals surface area (Å²) in [6, 6.07) is 1.40. The average molecular weight is 269 g/mol. The Morgan fingerprint density at radius 3 is 2.95 bits per heavy atom. The van der Waals surface area contributed by atoms with E-state index in [1.165, 1.54) is 18.5 Å². The summed E-state index contributed by atoms with van der Waals surface area (Å²) in [7, 11) is 0. The highest BCUT2D eigenvalue weighted by molar-refractivity contribution is 5.23. The van der Waals surface area contributed by atoms with E-state index in [4.69, 9.17) is 15.2 Å². The molecule has 1 aliphatic heterocycles. The lowest BCUT2D eigenvalue weighted by atomic mass is 10.1. The number of nitrogen functional groups attached to an aromatic ring is 1. The van der Waals surface area contributed by atoms with Gasteiger partial charge in [-0.3, -0.25) is 4.57 Å². The van der Waals surface area contributed by atoms with Gasteiger partial charge in [0.2, 0.25) is 0 Å². The van der Waals surface area contributed by atoms with Crippen molar-refractivity contribution >= 4 is 5.82 Å². The minimum absolute atomic E-state index is 0.0232. The average Bonchev–Trinajstić information content (AvgIpc) is 2.64. The molecule has 0 bridgehead atoms. The minimum Gasteiger partial charge on any atom is -0.499 e. The number of aliphatic hydroxyl groups is 2. The number of rotatable bonds is 4. The van der Waals surface area contributed by atoms with Crippen LogP contribution in [0.25, 0.3) is 0 Å². The number of hydrogen-bond acceptors (Lipinski definition) is 7. The van der Waals surface area contributed by atoms with E-state index in [0.717, 1.165) is 4.57 Å². The van der Waals surface area contributed by atoms with E-state index in [1.807, 2.05) is 0 Å². The summed E-state index contributed by atoms with van der Waals surface area (Å²) < 4.78 is 11.4. The van der Waals surface area contributed by atoms with Crippen molar-refractivity contribution in [3.05, 3.63) is 35.6 Å². The Morgan fingerprint density at radius 2 is 2.32 bits per heavy atom. The molecule has 1 fully saturated rings. The third-order valence-electron chi connectivity index (χ3n) is 2.84. The lowest BCUT2D eigenvalue weighted by Gasteiger charge is -2.16. The van der Waals surface area contributed by atoms with Crippen molar-refractivity contribution in [3.8, 4) is 0 Å². The Kier molecular flexibility index (Phi) is 3.84. The van der Waals surface area contributed by atoms with Gasteiger partial charge in [-0.05, 0) is 6.07 Å². The predicted octanol–water partition coefficient (Wildman–Crippen LogP) is -1.40. The molecule has 2 rings (SSSR count). The molecule has 1 saturated heterocycles. The molecule has 8 nitrogen and oxygen atoms in total. The van der Waals surface area contributed by atoms with Crippen molar-refractivity contribution in [2.45, 2.75) is 24.5 Å². The topological polar surface area (TPSA) is 120 Å². The Morgan fingerprint density at radius 1 is 1.58 bits per heavy atom. The molecule has 1 aromatic rings. The monoisotopic (exact) mass is 269 g/mol. The van der Waals surface area contributed by atoms with Crippen molar-refractivity contribution in [2.75, 3.05) is 12.3 Å². The van der Waals surface area contributed by atoms with E-state index >= 15 is 0 Å². The Bertz CT molecular complexity index is 517. The minimum atomic E-state index is -1.26. The zero-order valence-corrected chi connectivity index (χ0v) is 10.0. The van der Waals surface area contributed by atoms with Crippen LogP contribution in [0.1, 0.15) is 6.23 Å². The second-order valence-corrected chi connectivity index (χ2v) is 4.09. The van der Waals surface area contributed by atoms with Crippen molar-refractivity contribution in [3.63, 3.8) is 0 Å². The van der Waals surface area contributed by atoms with Crippen LogP contribution in [0.5, 0.6) is 0 Å². The van der Waals surface area contributed by atoms with E-state index in [0.29, 0.717) is 0 Å². The molecule has 0 radical (unpaired) electrons. The van der Waals surface area contributed by atoms with E-state index in [-0.39, 0.29) is 12.4 Å². The Hall–Kier alpha value is -1.90. The first-order valence-electron chi connectivity index (χ1n) is 5.63. The third-order valence-corrected chi connectivity index (χ3v) is 2.84. The predicted molar refractivity (Wildman–Crippen MR) is 65.0 cm³/mol. The van der Waals surface area contributed by atoms with Crippen LogP contribution < -0.4 is 11.4 Å². The van der Waals surface area contributed by atoms with Crippen molar-refractivity contribution < 1.29 is 19.7 Å². The molecule has 4 atom stereocenters. The molecule has 0 saturated carbocycles. The number of nitrogens with zero attached hydrogens (tertiary/aromatic N) is 2. The number of aromatic nitrogens is 2. The van der Waals surface area contributed by atoms with E-state index in [1.54, 1.807) is 0 Å². The fourth-order valence-electron chi connectivity index (χ4n) is 1.88. The van der Waals surface area contributed by atoms with E-state index in [2.05, 4.69) is 11.6 Å². The number of nitrogens with two attached hydrogens (primary N) is 1. The van der Waals surface area contributed by atoms with E-state index in [9.17, 15) is 15.0 Å². The normalized spacial score (nSPS) is 30.2. The number of anilines is 1. The van der Waals surface area contributed by atoms with Gasteiger partial charge in [-0.25, -0.2) is 4.79 Å². The summed E-state index contributed by atoms with van der Waals surface area (Å²) in [5, 5.41) is 19.7. The SMILES string of the molecule is C=COC[C@H]1O[C@@H](n2ccc(N)nc2=O)[C@H](O)[C@@H]1O. The molecule has 1 aromatic heterocycles. The maximum Gasteiger partial charge on any atom is 0.351 e. The summed E-state index contributed by atoms with van der Waals surface area (Å²) in [6.07, 6.45) is -1.68. The zero-order valence-electron chi connectivity index (χ0n) is 10.0. The van der Waals surface area contributed by atoms with Crippen LogP contribution in [0.2, 0.25) is 0 Å². The first-order chi connectivity index (χ1) is 9.04. The molecule has 0 amide bonds. The molecule has 19 heavy (non-hydrogen) atoms. The van der Waals surface area contributed by atoms with Gasteiger partial charge in [0.15, 0.2) is 6.23 Å². The lowest BCUT2D eigenvalue weighted by molar-refractivity contribution is -0.0567. The van der Waals surface area contributed by atoms with Crippen LogP contribution in [-0.4, -0.2) is 44.7 Å². The lowest BCUT2D eigenvalue weighted by Crippen LogP contribution is -2.36. The highest BCUT2D eigenvalue weighted by atomic mass is 16.6. The van der Waals surface area contributed by atoms with Crippen molar-refractivity contribution in [2.24, 2.45) is 0 Å². The fourth-order valence-corrected chi connectivity index (χ4v) is 1.88. The molecule has 0 aliphatic carbocycles. The number of aliphatic hydroxyl groups excluding tert-OH is 2. The zero-order chi connectivity index (χ0) is 14.0. The first-order valence-corrected chi connectivity index (χ1v) is 5.63. The van der Waals surface area contributed by atoms with Gasteiger partial charge in [-0.2, -0.15) is 4.98 Å². The summed E-state index contributed by atoms with van der Waals surface area (Å²) in [5.74, 6) is 0.0702. The molecule has 0 aromatic carbocycles. The molecule has 0 spiro atoms. The second-order valence-electron chi connectivity index (χ2n) is 4.09. The standard InChI is InChI=1S/C11H15N3O5/c1-2-18-5-6-8(15)9(16)10(19-6)14-4-3-7(12)13-11(14)17/h2-4,6,8-10,15-16H,1,5H2,(H2,12,13,17)/t6-,8-,9-,10-/m1/s1. The van der Waals surface area contributed by atoms with Crippen LogP contribution in [0, 0.1) is 0 Å². The highest BCUT2D eigenvalue weighted by Crippen LogP contribution is 2.28. The fraction of sp³-hybridized carbons (Fsp3) is 0.455. The van der Waals surface area contributed by atoms with Crippen LogP contribution in [-0.2, 0) is 9.47 Å². The van der Waals surface area contributed by atoms with Crippen molar-refractivity contribution in [1.29, 1.82) is 0 Å². The number of hydrogen-bond donors (Lipinski definition) is 3. The quantitative estimate of drug-likeness (QED) is 0.575. The third kappa shape index (κ3) is 2.60. The largest absolute Gasteiger partial charge is 0.499 e. The molecule has 8 heteroatoms. The van der Waals surface area contributed by atoms with Crippen LogP contribution in [0.4, 0.5) is 5.82 Å². The van der Waals surface area contributed by atoms with Gasteiger partial charge in [0, 0.05) is 6.20 Å². The van der Waals surface area contributed by atoms with Gasteiger partial charge >= 0.3 is 5.69 Å². The molecule has 104 valence electrons. The van der Waals surface area contributed by atoms with Gasteiger partial charge in [0.1, 0.15) is 30.7 Å². The molecule has 2 heterocycles. The van der Waals surface area contributed by atoms with Gasteiger partial charge in [-0.15, -0.1) is 0 Å². The second kappa shape index (κ2) is 5.39. The van der Waals surface area contributed by atoms with Crippen LogP contribution in [0.15, 0.2) is 29.9 Å². The highest BCUT2D eigenvalue weighted by Gasteiger charge is 2.44. The van der Waals surface area contributed by atoms with Gasteiger partial charge in [0.25, 0.3) is 0 Å². The molecule has 0 unspecified atom stereocenters. The van der Waals surface area contributed by atoms with Gasteiger partial charge < -0.3 is 25.4 Å². The molecular weight excluding hydrogens is 254 g/mol. The summed E-state index contributed by atoms with van der Waals surface area (Å²) in [4.78, 5) is 15.2. The molecule has 1 aliphatic rings. The van der Waals surface area contributed by atoms with Crippen LogP contribution in [0.3, 0.4) is 0 Å². The summed E-state index contributed by atoms with van der Waals surface area (Å²) in [6.45, 7) is 3.39. The Labute approximate surface area is 108 Å². The number of ether oxygens (including phenoxy) is 2. The van der Waals surface area contributed by atoms with Gasteiger partial charge in [0.05, 0.1) is 6.26 Å². The smallest absolute Gasteiger partial charge is 0.351 e. The maximum atomic E-state index is 11.7. The maximum absolute atomic E-state index is 11.7. The van der Waals surface area contributed by atoms with Crippen LogP contribution >= 0.6 is 0 Å². The summed E-state index contributed by atoms with van der Waals surface area (Å²) >= 11 is 0. The van der Waals surface area contributed by atoms with E-state index < -0.39 is 30.2 Å². The van der Waals surface area contributed by atoms with Crippen molar-refractivity contribution in [1.82, 2.24) is 9.55 Å². The molecular formula is C11H15N3O5. The Balaban J connectivity index is 2.21. The first kappa shape index (κ1) is 13.5. The molecule has 4 N–H and O–H groups in total. The summed E-state index contributed by atoms with van der Waals surface area (Å²) in [5.41, 5.74) is 4.71. The van der Waals surface area contributed by atoms with Gasteiger partial charge in [-0.1, -0.05) is 6.58 Å².